The van der Waals surface area contributed by atoms with Crippen LogP contribution in [0.1, 0.15) is 20.8 Å². The SMILES string of the molecule is CCN.CCN(CC)S(=O)[O-].O=C(O)C(=O)O. The van der Waals surface area contributed by atoms with E-state index in [1.54, 1.807) is 13.8 Å². The van der Waals surface area contributed by atoms with E-state index in [2.05, 4.69) is 0 Å². The molecule has 0 aliphatic carbocycles. The molecule has 4 N–H and O–H groups in total. The molecule has 0 aliphatic rings. The summed E-state index contributed by atoms with van der Waals surface area (Å²) in [4.78, 5) is 18.2. The van der Waals surface area contributed by atoms with Gasteiger partial charge in [0.1, 0.15) is 0 Å². The van der Waals surface area contributed by atoms with Crippen molar-refractivity contribution in [2.24, 2.45) is 5.73 Å². The van der Waals surface area contributed by atoms with E-state index < -0.39 is 23.2 Å². The van der Waals surface area contributed by atoms with Gasteiger partial charge in [0.05, 0.1) is 0 Å². The first-order chi connectivity index (χ1) is 7.78. The Morgan fingerprint density at radius 1 is 1.18 bits per heavy atom. The molecule has 0 bridgehead atoms. The highest BCUT2D eigenvalue weighted by molar-refractivity contribution is 7.76. The lowest BCUT2D eigenvalue weighted by molar-refractivity contribution is -0.159. The zero-order valence-electron chi connectivity index (χ0n) is 10.1. The average Bonchev–Trinajstić information content (AvgIpc) is 2.20. The molecule has 0 fully saturated rings. The third-order valence-electron chi connectivity index (χ3n) is 1.10. The van der Waals surface area contributed by atoms with Crippen molar-refractivity contribution in [2.45, 2.75) is 20.8 Å². The second kappa shape index (κ2) is 15.0. The van der Waals surface area contributed by atoms with Crippen LogP contribution in [0.15, 0.2) is 0 Å². The van der Waals surface area contributed by atoms with Crippen LogP contribution in [-0.2, 0) is 20.9 Å². The Morgan fingerprint density at radius 3 is 1.41 bits per heavy atom. The van der Waals surface area contributed by atoms with Crippen LogP contribution >= 0.6 is 0 Å². The summed E-state index contributed by atoms with van der Waals surface area (Å²) >= 11 is -2.02. The molecule has 0 aromatic carbocycles. The Hall–Kier alpha value is -1.03. The van der Waals surface area contributed by atoms with Crippen LogP contribution in [0.2, 0.25) is 0 Å². The van der Waals surface area contributed by atoms with Crippen LogP contribution in [0.3, 0.4) is 0 Å². The highest BCUT2D eigenvalue weighted by Gasteiger charge is 2.04. The largest absolute Gasteiger partial charge is 0.760 e. The molecule has 0 aromatic heterocycles. The van der Waals surface area contributed by atoms with Crippen LogP contribution < -0.4 is 5.73 Å². The van der Waals surface area contributed by atoms with Crippen molar-refractivity contribution >= 4 is 23.2 Å². The van der Waals surface area contributed by atoms with Crippen LogP contribution in [0.25, 0.3) is 0 Å². The lowest BCUT2D eigenvalue weighted by Gasteiger charge is -2.19. The lowest BCUT2D eigenvalue weighted by Crippen LogP contribution is -2.24. The smallest absolute Gasteiger partial charge is 0.414 e. The molecule has 8 nitrogen and oxygen atoms in total. The molecule has 0 heterocycles. The zero-order valence-corrected chi connectivity index (χ0v) is 10.9. The molecule has 0 rings (SSSR count). The molecular formula is C8H19N2O6S-. The number of nitrogens with two attached hydrogens (primary N) is 1. The van der Waals surface area contributed by atoms with Gasteiger partial charge in [-0.3, -0.25) is 4.21 Å². The van der Waals surface area contributed by atoms with Crippen LogP contribution in [-0.4, -0.2) is 54.9 Å². The van der Waals surface area contributed by atoms with E-state index in [9.17, 15) is 8.76 Å². The maximum Gasteiger partial charge on any atom is 0.414 e. The van der Waals surface area contributed by atoms with E-state index in [1.807, 2.05) is 6.92 Å². The van der Waals surface area contributed by atoms with Crippen LogP contribution in [0.4, 0.5) is 0 Å². The van der Waals surface area contributed by atoms with E-state index in [1.165, 1.54) is 4.31 Å². The van der Waals surface area contributed by atoms with E-state index in [0.717, 1.165) is 6.54 Å². The van der Waals surface area contributed by atoms with E-state index in [-0.39, 0.29) is 0 Å². The van der Waals surface area contributed by atoms with Gasteiger partial charge in [0.25, 0.3) is 0 Å². The molecule has 0 saturated carbocycles. The monoisotopic (exact) mass is 271 g/mol. The van der Waals surface area contributed by atoms with Gasteiger partial charge in [0.2, 0.25) is 0 Å². The van der Waals surface area contributed by atoms with Gasteiger partial charge >= 0.3 is 11.9 Å². The minimum absolute atomic E-state index is 0.562. The van der Waals surface area contributed by atoms with Gasteiger partial charge in [-0.1, -0.05) is 20.8 Å². The van der Waals surface area contributed by atoms with Crippen molar-refractivity contribution in [1.82, 2.24) is 4.31 Å². The molecule has 104 valence electrons. The van der Waals surface area contributed by atoms with E-state index in [4.69, 9.17) is 25.5 Å². The molecule has 0 amide bonds. The van der Waals surface area contributed by atoms with Gasteiger partial charge in [0, 0.05) is 24.4 Å². The molecule has 0 aromatic rings. The Morgan fingerprint density at radius 2 is 1.41 bits per heavy atom. The lowest BCUT2D eigenvalue weighted by atomic mass is 10.7. The Balaban J connectivity index is -0.000000193. The highest BCUT2D eigenvalue weighted by atomic mass is 32.2. The number of carboxylic acid groups (broad SMARTS) is 2. The fraction of sp³-hybridized carbons (Fsp3) is 0.750. The van der Waals surface area contributed by atoms with Crippen molar-refractivity contribution in [3.8, 4) is 0 Å². The Kier molecular flexibility index (Phi) is 18.7. The van der Waals surface area contributed by atoms with E-state index >= 15 is 0 Å². The summed E-state index contributed by atoms with van der Waals surface area (Å²) in [5.41, 5.74) is 4.85. The highest BCUT2D eigenvalue weighted by Crippen LogP contribution is 1.87. The van der Waals surface area contributed by atoms with Gasteiger partial charge < -0.3 is 20.5 Å². The predicted molar refractivity (Wildman–Crippen MR) is 61.8 cm³/mol. The second-order valence-corrected chi connectivity index (χ2v) is 3.30. The fourth-order valence-electron chi connectivity index (χ4n) is 0.434. The predicted octanol–water partition coefficient (Wildman–Crippen LogP) is -0.757. The fourth-order valence-corrected chi connectivity index (χ4v) is 0.856. The molecule has 1 atom stereocenters. The minimum atomic E-state index is -2.02. The summed E-state index contributed by atoms with van der Waals surface area (Å²) in [6, 6.07) is 0. The summed E-state index contributed by atoms with van der Waals surface area (Å²) in [5.74, 6) is -3.65. The Bertz CT molecular complexity index is 220. The van der Waals surface area contributed by atoms with Crippen molar-refractivity contribution in [1.29, 1.82) is 0 Å². The summed E-state index contributed by atoms with van der Waals surface area (Å²) in [7, 11) is 0. The quantitative estimate of drug-likeness (QED) is 0.452. The van der Waals surface area contributed by atoms with Gasteiger partial charge in [-0.15, -0.1) is 0 Å². The standard InChI is InChI=1S/C4H11NO2S.C2H7N.C2H2O4/c1-3-5(4-2)8(6)7;1-2-3;3-1(4)2(5)6/h3-4H2,1-2H3,(H,6,7);2-3H2,1H3;(H,3,4)(H,5,6)/p-1. The van der Waals surface area contributed by atoms with Crippen molar-refractivity contribution in [3.63, 3.8) is 0 Å². The second-order valence-electron chi connectivity index (χ2n) is 2.35. The van der Waals surface area contributed by atoms with Gasteiger partial charge in [0.15, 0.2) is 0 Å². The number of aliphatic carboxylic acids is 2. The molecule has 1 unspecified atom stereocenters. The average molecular weight is 271 g/mol. The third kappa shape index (κ3) is 20.9. The first-order valence-electron chi connectivity index (χ1n) is 4.78. The first kappa shape index (κ1) is 21.3. The van der Waals surface area contributed by atoms with Gasteiger partial charge in [-0.05, 0) is 6.54 Å². The molecule has 0 radical (unpaired) electrons. The first-order valence-corrected chi connectivity index (χ1v) is 5.82. The number of carboxylic acids is 2. The van der Waals surface area contributed by atoms with Crippen molar-refractivity contribution in [3.05, 3.63) is 0 Å². The number of carbonyl (C=O) groups is 2. The zero-order chi connectivity index (χ0) is 14.4. The summed E-state index contributed by atoms with van der Waals surface area (Å²) < 4.78 is 21.5. The maximum absolute atomic E-state index is 10.1. The molecule has 0 aliphatic heterocycles. The van der Waals surface area contributed by atoms with Crippen molar-refractivity contribution in [2.75, 3.05) is 19.6 Å². The normalized spacial score (nSPS) is 10.5. The van der Waals surface area contributed by atoms with Crippen LogP contribution in [0, 0.1) is 0 Å². The molecule has 17 heavy (non-hydrogen) atoms. The number of nitrogens with zero attached hydrogens (tertiary/aromatic N) is 1. The topological polar surface area (TPSA) is 144 Å². The number of rotatable bonds is 3. The summed E-state index contributed by atoms with van der Waals surface area (Å²) in [6.07, 6.45) is 0. The molecule has 0 saturated heterocycles. The number of hydrogen-bond donors (Lipinski definition) is 3. The molecular weight excluding hydrogens is 252 g/mol. The maximum atomic E-state index is 10.1. The van der Waals surface area contributed by atoms with Crippen LogP contribution in [0.5, 0.6) is 0 Å². The number of hydrogen-bond acceptors (Lipinski definition) is 5. The van der Waals surface area contributed by atoms with E-state index in [0.29, 0.717) is 13.1 Å². The molecule has 0 spiro atoms. The molecule has 9 heteroatoms. The van der Waals surface area contributed by atoms with Crippen molar-refractivity contribution < 1.29 is 28.6 Å². The van der Waals surface area contributed by atoms with Gasteiger partial charge in [-0.25, -0.2) is 13.9 Å². The minimum Gasteiger partial charge on any atom is -0.760 e. The Labute approximate surface area is 103 Å². The summed E-state index contributed by atoms with van der Waals surface area (Å²) in [6.45, 7) is 7.39. The third-order valence-corrected chi connectivity index (χ3v) is 2.04. The summed E-state index contributed by atoms with van der Waals surface area (Å²) in [5, 5.41) is 14.8. The van der Waals surface area contributed by atoms with Gasteiger partial charge in [-0.2, -0.15) is 0 Å².